The van der Waals surface area contributed by atoms with Crippen LogP contribution in [0.15, 0.2) is 59.7 Å². The zero-order valence-electron chi connectivity index (χ0n) is 21.0. The van der Waals surface area contributed by atoms with Gasteiger partial charge >= 0.3 is 5.97 Å². The number of likely N-dealkylation sites (N-methyl/N-ethyl adjacent to an activating group) is 1. The summed E-state index contributed by atoms with van der Waals surface area (Å²) >= 11 is 0. The summed E-state index contributed by atoms with van der Waals surface area (Å²) in [4.78, 5) is 29.0. The summed E-state index contributed by atoms with van der Waals surface area (Å²) < 4.78 is 10.8. The first-order chi connectivity index (χ1) is 16.8. The lowest BCUT2D eigenvalue weighted by atomic mass is 9.57. The number of carbonyl (C=O) groups excluding carboxylic acids is 2. The minimum absolute atomic E-state index is 0.00181. The second-order valence-electron chi connectivity index (χ2n) is 9.92. The van der Waals surface area contributed by atoms with E-state index in [0.717, 1.165) is 56.6 Å². The molecule has 2 heterocycles. The molecule has 0 radical (unpaired) electrons. The average molecular weight is 477 g/mol. The Morgan fingerprint density at radius 1 is 1.31 bits per heavy atom. The molecule has 4 rings (SSSR count). The van der Waals surface area contributed by atoms with Crippen molar-refractivity contribution in [2.45, 2.75) is 51.0 Å². The number of hydrogen-bond donors (Lipinski definition) is 0. The van der Waals surface area contributed by atoms with Crippen LogP contribution in [0.3, 0.4) is 0 Å². The number of hydrogen-bond acceptors (Lipinski definition) is 5. The molecule has 3 atom stereocenters. The molecule has 1 amide bonds. The molecule has 1 aromatic heterocycles. The number of rotatable bonds is 7. The lowest BCUT2D eigenvalue weighted by Gasteiger charge is -2.54. The van der Waals surface area contributed by atoms with Crippen molar-refractivity contribution < 1.29 is 18.7 Å². The number of aryl methyl sites for hydroxylation is 1. The summed E-state index contributed by atoms with van der Waals surface area (Å²) in [5, 5.41) is 0. The van der Waals surface area contributed by atoms with Crippen molar-refractivity contribution in [2.75, 3.05) is 26.7 Å². The zero-order chi connectivity index (χ0) is 25.0. The number of carbonyl (C=O) groups is 2. The first kappa shape index (κ1) is 25.0. The lowest BCUT2D eigenvalue weighted by Crippen LogP contribution is -2.56. The van der Waals surface area contributed by atoms with Crippen LogP contribution in [-0.2, 0) is 15.0 Å². The number of amides is 1. The number of furan rings is 1. The quantitative estimate of drug-likeness (QED) is 0.244. The highest BCUT2D eigenvalue weighted by molar-refractivity contribution is 5.92. The molecular formula is C29H36N2O4. The van der Waals surface area contributed by atoms with Gasteiger partial charge in [-0.05, 0) is 74.9 Å². The van der Waals surface area contributed by atoms with Crippen LogP contribution in [-0.4, -0.2) is 54.4 Å². The van der Waals surface area contributed by atoms with E-state index in [-0.39, 0.29) is 23.3 Å². The van der Waals surface area contributed by atoms with Crippen LogP contribution < -0.4 is 4.74 Å². The number of likely N-dealkylation sites (tertiary alicyclic amines) is 1. The summed E-state index contributed by atoms with van der Waals surface area (Å²) in [7, 11) is 1.91. The van der Waals surface area contributed by atoms with Gasteiger partial charge in [-0.15, -0.1) is 6.58 Å². The molecule has 0 bridgehead atoms. The molecule has 1 saturated heterocycles. The Kier molecular flexibility index (Phi) is 7.60. The van der Waals surface area contributed by atoms with Gasteiger partial charge in [0.1, 0.15) is 11.5 Å². The molecule has 35 heavy (non-hydrogen) atoms. The van der Waals surface area contributed by atoms with E-state index < -0.39 is 0 Å². The van der Waals surface area contributed by atoms with Gasteiger partial charge in [-0.2, -0.15) is 0 Å². The van der Waals surface area contributed by atoms with E-state index in [1.165, 1.54) is 12.5 Å². The molecule has 1 aromatic carbocycles. The largest absolute Gasteiger partial charge is 0.469 e. The van der Waals surface area contributed by atoms with Crippen molar-refractivity contribution in [3.05, 3.63) is 72.2 Å². The summed E-state index contributed by atoms with van der Waals surface area (Å²) in [6.45, 7) is 10.1. The van der Waals surface area contributed by atoms with E-state index in [4.69, 9.17) is 9.15 Å². The van der Waals surface area contributed by atoms with Crippen LogP contribution in [0, 0.1) is 12.8 Å². The van der Waals surface area contributed by atoms with Gasteiger partial charge < -0.3 is 14.1 Å². The molecule has 186 valence electrons. The van der Waals surface area contributed by atoms with E-state index >= 15 is 0 Å². The molecule has 2 aromatic rings. The maximum Gasteiger partial charge on any atom is 0.308 e. The van der Waals surface area contributed by atoms with Crippen molar-refractivity contribution in [3.8, 4) is 5.75 Å². The fourth-order valence-corrected chi connectivity index (χ4v) is 5.93. The number of nitrogens with zero attached hydrogens (tertiary/aromatic N) is 2. The van der Waals surface area contributed by atoms with Crippen LogP contribution in [0.25, 0.3) is 6.08 Å². The molecule has 0 unspecified atom stereocenters. The van der Waals surface area contributed by atoms with Crippen LogP contribution >= 0.6 is 0 Å². The minimum atomic E-state index is -0.316. The summed E-state index contributed by atoms with van der Waals surface area (Å²) in [5.41, 5.74) is 2.05. The third kappa shape index (κ3) is 5.43. The number of benzene rings is 1. The lowest BCUT2D eigenvalue weighted by molar-refractivity contribution is -0.132. The number of esters is 1. The topological polar surface area (TPSA) is 63.0 Å². The van der Waals surface area contributed by atoms with E-state index in [1.54, 1.807) is 12.3 Å². The third-order valence-electron chi connectivity index (χ3n) is 7.84. The molecule has 1 aliphatic carbocycles. The third-order valence-corrected chi connectivity index (χ3v) is 7.84. The van der Waals surface area contributed by atoms with Gasteiger partial charge in [-0.25, -0.2) is 0 Å². The Morgan fingerprint density at radius 2 is 2.14 bits per heavy atom. The van der Waals surface area contributed by atoms with E-state index in [0.29, 0.717) is 11.7 Å². The minimum Gasteiger partial charge on any atom is -0.469 e. The predicted molar refractivity (Wildman–Crippen MR) is 137 cm³/mol. The molecule has 6 heteroatoms. The molecule has 6 nitrogen and oxygen atoms in total. The van der Waals surface area contributed by atoms with Crippen molar-refractivity contribution in [1.82, 2.24) is 9.80 Å². The Bertz CT molecular complexity index is 1100. The first-order valence-electron chi connectivity index (χ1n) is 12.4. The highest BCUT2D eigenvalue weighted by Crippen LogP contribution is 2.50. The maximum atomic E-state index is 13.1. The molecule has 2 aliphatic rings. The van der Waals surface area contributed by atoms with Gasteiger partial charge in [0.2, 0.25) is 5.91 Å². The average Bonchev–Trinajstić information content (AvgIpc) is 3.26. The van der Waals surface area contributed by atoms with Gasteiger partial charge in [-0.1, -0.05) is 18.2 Å². The van der Waals surface area contributed by atoms with Gasteiger partial charge in [-0.3, -0.25) is 14.5 Å². The summed E-state index contributed by atoms with van der Waals surface area (Å²) in [5.74, 6) is 1.54. The standard InChI is InChI=1S/C29H36N2O4/c1-5-15-31-16-14-29(24-7-6-8-27(18-24)35-22(3)32)19-26(11-10-25(29)20-31)30(4)28(33)12-9-23-13-17-34-21(23)2/h5-9,12-13,17-18,25-26H,1,10-11,14-16,19-20H2,2-4H3/b12-9+/t25-,26+,29+/m1/s1. The van der Waals surface area contributed by atoms with E-state index in [2.05, 4.69) is 17.5 Å². The fraction of sp³-hybridized carbons (Fsp3) is 0.448. The van der Waals surface area contributed by atoms with Crippen LogP contribution in [0.2, 0.25) is 0 Å². The van der Waals surface area contributed by atoms with Crippen LogP contribution in [0.1, 0.15) is 49.5 Å². The molecule has 2 fully saturated rings. The number of ether oxygens (including phenoxy) is 1. The van der Waals surface area contributed by atoms with Crippen LogP contribution in [0.4, 0.5) is 0 Å². The second-order valence-corrected chi connectivity index (χ2v) is 9.92. The van der Waals surface area contributed by atoms with Crippen molar-refractivity contribution in [1.29, 1.82) is 0 Å². The molecule has 0 spiro atoms. The van der Waals surface area contributed by atoms with Gasteiger partial charge in [0.05, 0.1) is 6.26 Å². The fourth-order valence-electron chi connectivity index (χ4n) is 5.93. The second kappa shape index (κ2) is 10.6. The van der Waals surface area contributed by atoms with Gasteiger partial charge in [0, 0.05) is 50.2 Å². The van der Waals surface area contributed by atoms with Crippen molar-refractivity contribution in [3.63, 3.8) is 0 Å². The Labute approximate surface area is 208 Å². The highest BCUT2D eigenvalue weighted by Gasteiger charge is 2.49. The van der Waals surface area contributed by atoms with Crippen molar-refractivity contribution >= 4 is 18.0 Å². The summed E-state index contributed by atoms with van der Waals surface area (Å²) in [6.07, 6.45) is 11.0. The zero-order valence-corrected chi connectivity index (χ0v) is 21.0. The number of piperidine rings is 1. The maximum absolute atomic E-state index is 13.1. The van der Waals surface area contributed by atoms with Crippen molar-refractivity contribution in [2.24, 2.45) is 5.92 Å². The monoisotopic (exact) mass is 476 g/mol. The predicted octanol–water partition coefficient (Wildman–Crippen LogP) is 4.98. The van der Waals surface area contributed by atoms with E-state index in [9.17, 15) is 9.59 Å². The normalized spacial score (nSPS) is 24.7. The SMILES string of the molecule is C=CCN1CC[C@@]2(c3cccc(OC(C)=O)c3)C[C@@H](N(C)C(=O)/C=C/c3ccoc3C)CC[C@@H]2C1. The molecule has 0 N–H and O–H groups in total. The smallest absolute Gasteiger partial charge is 0.308 e. The van der Waals surface area contributed by atoms with Gasteiger partial charge in [0.15, 0.2) is 0 Å². The highest BCUT2D eigenvalue weighted by atomic mass is 16.5. The molecule has 1 saturated carbocycles. The Morgan fingerprint density at radius 3 is 2.86 bits per heavy atom. The van der Waals surface area contributed by atoms with Gasteiger partial charge in [0.25, 0.3) is 0 Å². The molecule has 1 aliphatic heterocycles. The molecular weight excluding hydrogens is 440 g/mol. The van der Waals surface area contributed by atoms with Crippen LogP contribution in [0.5, 0.6) is 5.75 Å². The van der Waals surface area contributed by atoms with E-state index in [1.807, 2.05) is 55.3 Å². The first-order valence-corrected chi connectivity index (χ1v) is 12.4. The number of fused-ring (bicyclic) bond motifs is 1. The Balaban J connectivity index is 1.59. The summed E-state index contributed by atoms with van der Waals surface area (Å²) in [6, 6.07) is 10.0. The Hall–Kier alpha value is -3.12.